The van der Waals surface area contributed by atoms with Crippen molar-refractivity contribution in [2.75, 3.05) is 6.61 Å². The highest BCUT2D eigenvalue weighted by Gasteiger charge is 2.17. The molecule has 1 aromatic heterocycles. The molecule has 0 unspecified atom stereocenters. The van der Waals surface area contributed by atoms with Gasteiger partial charge in [0.05, 0.1) is 18.4 Å². The molecule has 4 aromatic rings. The Balaban J connectivity index is 1.48. The summed E-state index contributed by atoms with van der Waals surface area (Å²) in [6.45, 7) is 3.15. The standard InChI is InChI=1S/C30H30N4O3/c1-2-37-30(36)28-21-34(19-25-10-6-9-24(15-25)18-33-31)20-27(28)16-22-11-13-26(14-12-22)29(35)32-17-23-7-4-3-5-8-23/h3-15,18,20-21H,2,16-17,19,31H2,1H3,(H,32,35)/b33-18-. The number of aromatic nitrogens is 1. The number of amides is 1. The van der Waals surface area contributed by atoms with Crippen molar-refractivity contribution in [3.8, 4) is 0 Å². The molecule has 188 valence electrons. The average Bonchev–Trinajstić information content (AvgIpc) is 3.31. The zero-order valence-electron chi connectivity index (χ0n) is 20.8. The van der Waals surface area contributed by atoms with E-state index >= 15 is 0 Å². The molecule has 3 N–H and O–H groups in total. The quantitative estimate of drug-likeness (QED) is 0.146. The second-order valence-corrected chi connectivity index (χ2v) is 8.66. The molecule has 3 aromatic carbocycles. The summed E-state index contributed by atoms with van der Waals surface area (Å²) in [6, 6.07) is 25.1. The number of nitrogens with two attached hydrogens (primary N) is 1. The van der Waals surface area contributed by atoms with Crippen molar-refractivity contribution < 1.29 is 14.3 Å². The Labute approximate surface area is 216 Å². The predicted octanol–water partition coefficient (Wildman–Crippen LogP) is 4.53. The van der Waals surface area contributed by atoms with Crippen molar-refractivity contribution in [1.82, 2.24) is 9.88 Å². The molecule has 0 saturated carbocycles. The molecular weight excluding hydrogens is 464 g/mol. The maximum Gasteiger partial charge on any atom is 0.339 e. The third-order valence-corrected chi connectivity index (χ3v) is 5.90. The highest BCUT2D eigenvalue weighted by molar-refractivity contribution is 5.94. The molecule has 0 aliphatic heterocycles. The molecule has 7 nitrogen and oxygen atoms in total. The van der Waals surface area contributed by atoms with Gasteiger partial charge in [-0.2, -0.15) is 5.10 Å². The molecule has 0 radical (unpaired) electrons. The van der Waals surface area contributed by atoms with Crippen LogP contribution in [0.5, 0.6) is 0 Å². The lowest BCUT2D eigenvalue weighted by Crippen LogP contribution is -2.22. The van der Waals surface area contributed by atoms with Crippen LogP contribution in [0.25, 0.3) is 0 Å². The molecule has 0 atom stereocenters. The Morgan fingerprint density at radius 2 is 1.70 bits per heavy atom. The second-order valence-electron chi connectivity index (χ2n) is 8.66. The normalized spacial score (nSPS) is 10.9. The first-order valence-electron chi connectivity index (χ1n) is 12.1. The molecule has 0 bridgehead atoms. The number of nitrogens with zero attached hydrogens (tertiary/aromatic N) is 2. The Kier molecular flexibility index (Phi) is 8.49. The summed E-state index contributed by atoms with van der Waals surface area (Å²) in [5.74, 6) is 4.80. The number of hydrazone groups is 1. The van der Waals surface area contributed by atoms with Gasteiger partial charge in [0.1, 0.15) is 0 Å². The topological polar surface area (TPSA) is 98.7 Å². The number of hydrogen-bond acceptors (Lipinski definition) is 5. The van der Waals surface area contributed by atoms with Crippen molar-refractivity contribution in [1.29, 1.82) is 0 Å². The minimum atomic E-state index is -0.350. The summed E-state index contributed by atoms with van der Waals surface area (Å²) in [5.41, 5.74) is 5.98. The molecule has 0 fully saturated rings. The predicted molar refractivity (Wildman–Crippen MR) is 145 cm³/mol. The van der Waals surface area contributed by atoms with Gasteiger partial charge in [-0.25, -0.2) is 4.79 Å². The van der Waals surface area contributed by atoms with Crippen LogP contribution in [-0.4, -0.2) is 29.3 Å². The fourth-order valence-electron chi connectivity index (χ4n) is 4.12. The number of carbonyl (C=O) groups excluding carboxylic acids is 2. The van der Waals surface area contributed by atoms with E-state index in [4.69, 9.17) is 10.6 Å². The highest BCUT2D eigenvalue weighted by Crippen LogP contribution is 2.19. The van der Waals surface area contributed by atoms with Crippen LogP contribution in [0.3, 0.4) is 0 Å². The molecule has 0 spiro atoms. The van der Waals surface area contributed by atoms with E-state index in [1.165, 1.54) is 0 Å². The Morgan fingerprint density at radius 1 is 0.946 bits per heavy atom. The van der Waals surface area contributed by atoms with Crippen molar-refractivity contribution in [3.05, 3.63) is 130 Å². The van der Waals surface area contributed by atoms with Crippen LogP contribution in [0.4, 0.5) is 0 Å². The Bertz CT molecular complexity index is 1380. The summed E-state index contributed by atoms with van der Waals surface area (Å²) < 4.78 is 7.28. The van der Waals surface area contributed by atoms with Gasteiger partial charge in [-0.15, -0.1) is 0 Å². The maximum absolute atomic E-state index is 12.7. The molecule has 1 heterocycles. The minimum Gasteiger partial charge on any atom is -0.462 e. The molecule has 0 aliphatic carbocycles. The largest absolute Gasteiger partial charge is 0.462 e. The molecule has 37 heavy (non-hydrogen) atoms. The van der Waals surface area contributed by atoms with Crippen molar-refractivity contribution in [2.24, 2.45) is 10.9 Å². The number of ether oxygens (including phenoxy) is 1. The van der Waals surface area contributed by atoms with E-state index < -0.39 is 0 Å². The van der Waals surface area contributed by atoms with Gasteiger partial charge >= 0.3 is 5.97 Å². The average molecular weight is 495 g/mol. The third kappa shape index (κ3) is 6.95. The lowest BCUT2D eigenvalue weighted by atomic mass is 10.0. The minimum absolute atomic E-state index is 0.129. The van der Waals surface area contributed by atoms with E-state index in [9.17, 15) is 9.59 Å². The SMILES string of the molecule is CCOC(=O)c1cn(Cc2cccc(/C=N\N)c2)cc1Cc1ccc(C(=O)NCc2ccccc2)cc1. The van der Waals surface area contributed by atoms with Crippen molar-refractivity contribution in [2.45, 2.75) is 26.4 Å². The number of esters is 1. The Morgan fingerprint density at radius 3 is 2.43 bits per heavy atom. The number of benzene rings is 3. The smallest absolute Gasteiger partial charge is 0.339 e. The van der Waals surface area contributed by atoms with Gasteiger partial charge in [0.15, 0.2) is 0 Å². The van der Waals surface area contributed by atoms with Gasteiger partial charge in [0, 0.05) is 31.0 Å². The van der Waals surface area contributed by atoms with Crippen LogP contribution in [0.15, 0.2) is 96.4 Å². The molecular formula is C30H30N4O3. The third-order valence-electron chi connectivity index (χ3n) is 5.90. The first-order valence-corrected chi connectivity index (χ1v) is 12.1. The van der Waals surface area contributed by atoms with Gasteiger partial charge in [0.25, 0.3) is 5.91 Å². The number of hydrogen-bond donors (Lipinski definition) is 2. The molecule has 7 heteroatoms. The van der Waals surface area contributed by atoms with Crippen LogP contribution in [-0.2, 0) is 24.2 Å². The first kappa shape index (κ1) is 25.4. The van der Waals surface area contributed by atoms with Crippen LogP contribution in [0.1, 0.15) is 55.5 Å². The van der Waals surface area contributed by atoms with E-state index in [2.05, 4.69) is 10.4 Å². The maximum atomic E-state index is 12.7. The van der Waals surface area contributed by atoms with E-state index in [-0.39, 0.29) is 11.9 Å². The van der Waals surface area contributed by atoms with Gasteiger partial charge in [0.2, 0.25) is 0 Å². The molecule has 4 rings (SSSR count). The van der Waals surface area contributed by atoms with Gasteiger partial charge in [-0.05, 0) is 59.4 Å². The zero-order valence-corrected chi connectivity index (χ0v) is 20.8. The number of rotatable bonds is 10. The summed E-state index contributed by atoms with van der Waals surface area (Å²) in [5, 5.41) is 6.53. The van der Waals surface area contributed by atoms with E-state index in [0.29, 0.717) is 37.2 Å². The summed E-state index contributed by atoms with van der Waals surface area (Å²) >= 11 is 0. The van der Waals surface area contributed by atoms with Gasteiger partial charge in [-0.1, -0.05) is 60.7 Å². The number of nitrogens with one attached hydrogen (secondary N) is 1. The van der Waals surface area contributed by atoms with Crippen molar-refractivity contribution in [3.63, 3.8) is 0 Å². The van der Waals surface area contributed by atoms with Crippen LogP contribution >= 0.6 is 0 Å². The van der Waals surface area contributed by atoms with Crippen molar-refractivity contribution >= 4 is 18.1 Å². The van der Waals surface area contributed by atoms with Crippen LogP contribution in [0.2, 0.25) is 0 Å². The molecule has 0 aliphatic rings. The highest BCUT2D eigenvalue weighted by atomic mass is 16.5. The fourth-order valence-corrected chi connectivity index (χ4v) is 4.12. The fraction of sp³-hybridized carbons (Fsp3) is 0.167. The summed E-state index contributed by atoms with van der Waals surface area (Å²) in [6.07, 6.45) is 5.92. The van der Waals surface area contributed by atoms with Gasteiger partial charge < -0.3 is 20.5 Å². The van der Waals surface area contributed by atoms with Gasteiger partial charge in [-0.3, -0.25) is 4.79 Å². The summed E-state index contributed by atoms with van der Waals surface area (Å²) in [4.78, 5) is 25.2. The van der Waals surface area contributed by atoms with Crippen LogP contribution < -0.4 is 11.2 Å². The lowest BCUT2D eigenvalue weighted by Gasteiger charge is -2.07. The molecule has 1 amide bonds. The zero-order chi connectivity index (χ0) is 26.0. The monoisotopic (exact) mass is 494 g/mol. The first-order chi connectivity index (χ1) is 18.1. The Hall–Kier alpha value is -4.65. The molecule has 0 saturated heterocycles. The van der Waals surface area contributed by atoms with E-state index in [1.807, 2.05) is 83.7 Å². The van der Waals surface area contributed by atoms with E-state index in [1.54, 1.807) is 25.3 Å². The van der Waals surface area contributed by atoms with Crippen LogP contribution in [0, 0.1) is 0 Å². The lowest BCUT2D eigenvalue weighted by molar-refractivity contribution is 0.0525. The second kappa shape index (κ2) is 12.4. The summed E-state index contributed by atoms with van der Waals surface area (Å²) in [7, 11) is 0. The number of carbonyl (C=O) groups is 2. The van der Waals surface area contributed by atoms with E-state index in [0.717, 1.165) is 27.8 Å².